The zero-order valence-corrected chi connectivity index (χ0v) is 21.3. The molecule has 2 N–H and O–H groups in total. The maximum atomic E-state index is 15.0. The number of H-pyrrole nitrogens is 1. The van der Waals surface area contributed by atoms with Gasteiger partial charge in [0.05, 0.1) is 36.4 Å². The fourth-order valence-corrected chi connectivity index (χ4v) is 4.48. The Bertz CT molecular complexity index is 1790. The van der Waals surface area contributed by atoms with Gasteiger partial charge < -0.3 is 14.5 Å². The molecule has 5 rings (SSSR count). The molecule has 3 heterocycles. The minimum Gasteiger partial charge on any atom is -0.346 e. The molecule has 0 aliphatic rings. The van der Waals surface area contributed by atoms with Crippen molar-refractivity contribution < 1.29 is 9.18 Å². The summed E-state index contributed by atoms with van der Waals surface area (Å²) in [5.41, 5.74) is 1.55. The van der Waals surface area contributed by atoms with Crippen LogP contribution in [-0.2, 0) is 19.6 Å². The fourth-order valence-electron chi connectivity index (χ4n) is 4.06. The van der Waals surface area contributed by atoms with Crippen LogP contribution in [0.4, 0.5) is 4.39 Å². The van der Waals surface area contributed by atoms with E-state index in [1.54, 1.807) is 36.5 Å². The number of carbonyl (C=O) groups is 1. The summed E-state index contributed by atoms with van der Waals surface area (Å²) >= 11 is 12.4. The smallest absolute Gasteiger partial charge is 0.253 e. The number of carbonyl (C=O) groups excluding carboxylic acids is 1. The lowest BCUT2D eigenvalue weighted by Crippen LogP contribution is -2.27. The minimum atomic E-state index is -0.584. The number of aromatic nitrogens is 4. The Balaban J connectivity index is 1.33. The molecule has 0 aliphatic carbocycles. The van der Waals surface area contributed by atoms with Crippen LogP contribution >= 0.6 is 23.2 Å². The van der Waals surface area contributed by atoms with Crippen molar-refractivity contribution in [3.05, 3.63) is 132 Å². The van der Waals surface area contributed by atoms with Gasteiger partial charge in [0.25, 0.3) is 17.0 Å². The van der Waals surface area contributed by atoms with E-state index in [9.17, 15) is 18.8 Å². The van der Waals surface area contributed by atoms with Gasteiger partial charge in [0.15, 0.2) is 0 Å². The van der Waals surface area contributed by atoms with Crippen LogP contribution in [0.1, 0.15) is 27.2 Å². The third kappa shape index (κ3) is 5.39. The Morgan fingerprint density at radius 3 is 2.55 bits per heavy atom. The lowest BCUT2D eigenvalue weighted by molar-refractivity contribution is 0.0949. The number of aromatic amines is 1. The Kier molecular flexibility index (Phi) is 7.13. The largest absolute Gasteiger partial charge is 0.346 e. The van der Waals surface area contributed by atoms with E-state index in [1.807, 2.05) is 0 Å². The fraction of sp³-hybridized carbons (Fsp3) is 0.111. The van der Waals surface area contributed by atoms with Gasteiger partial charge in [-0.25, -0.2) is 4.39 Å². The molecular formula is C27H20Cl2FN5O3. The molecule has 0 saturated carbocycles. The maximum Gasteiger partial charge on any atom is 0.253 e. The highest BCUT2D eigenvalue weighted by Crippen LogP contribution is 2.23. The molecular weight excluding hydrogens is 532 g/mol. The van der Waals surface area contributed by atoms with Crippen LogP contribution in [0.15, 0.2) is 82.6 Å². The number of hydrogen-bond donors (Lipinski definition) is 2. The van der Waals surface area contributed by atoms with Gasteiger partial charge in [0.2, 0.25) is 0 Å². The van der Waals surface area contributed by atoms with Gasteiger partial charge in [0.1, 0.15) is 5.82 Å². The summed E-state index contributed by atoms with van der Waals surface area (Å²) in [7, 11) is 0. The highest BCUT2D eigenvalue weighted by atomic mass is 35.5. The Morgan fingerprint density at radius 1 is 0.947 bits per heavy atom. The van der Waals surface area contributed by atoms with Crippen LogP contribution in [0.25, 0.3) is 10.9 Å². The number of halogens is 3. The van der Waals surface area contributed by atoms with Gasteiger partial charge in [-0.2, -0.15) is 5.10 Å². The van der Waals surface area contributed by atoms with Crippen molar-refractivity contribution in [3.8, 4) is 0 Å². The maximum absolute atomic E-state index is 15.0. The normalized spacial score (nSPS) is 11.1. The van der Waals surface area contributed by atoms with Crippen molar-refractivity contribution in [1.29, 1.82) is 0 Å². The van der Waals surface area contributed by atoms with Crippen LogP contribution in [0.2, 0.25) is 10.0 Å². The summed E-state index contributed by atoms with van der Waals surface area (Å²) in [6, 6.07) is 15.3. The number of amides is 1. The molecule has 0 aliphatic heterocycles. The molecule has 1 amide bonds. The average Bonchev–Trinajstić information content (AvgIpc) is 3.30. The third-order valence-electron chi connectivity index (χ3n) is 6.06. The monoisotopic (exact) mass is 551 g/mol. The quantitative estimate of drug-likeness (QED) is 0.313. The Hall–Kier alpha value is -4.21. The summed E-state index contributed by atoms with van der Waals surface area (Å²) in [6.45, 7) is 0.0941. The summed E-state index contributed by atoms with van der Waals surface area (Å²) in [6.07, 6.45) is 2.95. The molecule has 0 atom stereocenters. The van der Waals surface area contributed by atoms with E-state index in [0.717, 1.165) is 10.9 Å². The highest BCUT2D eigenvalue weighted by Gasteiger charge is 2.14. The van der Waals surface area contributed by atoms with Crippen molar-refractivity contribution in [2.45, 2.75) is 19.6 Å². The second kappa shape index (κ2) is 10.6. The molecule has 0 unspecified atom stereocenters. The molecule has 0 bridgehead atoms. The number of fused-ring (bicyclic) bond motifs is 1. The van der Waals surface area contributed by atoms with E-state index in [2.05, 4.69) is 15.5 Å². The zero-order chi connectivity index (χ0) is 26.8. The van der Waals surface area contributed by atoms with E-state index in [0.29, 0.717) is 16.3 Å². The SMILES string of the molecule is O=C(NCc1n[nH]c2ccc(Cl)cc12)c1ccc(=O)n(Cc2cc(Cl)c(Cn3ccccc3=O)cc2F)c1. The van der Waals surface area contributed by atoms with Crippen molar-refractivity contribution in [2.24, 2.45) is 0 Å². The number of nitrogens with one attached hydrogen (secondary N) is 2. The first kappa shape index (κ1) is 25.4. The molecule has 0 radical (unpaired) electrons. The zero-order valence-electron chi connectivity index (χ0n) is 19.7. The summed E-state index contributed by atoms with van der Waals surface area (Å²) < 4.78 is 17.6. The van der Waals surface area contributed by atoms with Crippen LogP contribution in [0.3, 0.4) is 0 Å². The Morgan fingerprint density at radius 2 is 1.74 bits per heavy atom. The average molecular weight is 552 g/mol. The van der Waals surface area contributed by atoms with Gasteiger partial charge in [-0.05, 0) is 48.0 Å². The standard InChI is InChI=1S/C27H20Cl2FN5O3/c28-19-5-6-23-20(11-19)24(33-32-23)12-31-27(38)16-4-7-26(37)35(13-16)15-18-9-21(29)17(10-22(18)30)14-34-8-2-1-3-25(34)36/h1-11,13H,12,14-15H2,(H,31,38)(H,32,33). The predicted octanol–water partition coefficient (Wildman–Crippen LogP) is 4.36. The van der Waals surface area contributed by atoms with Crippen LogP contribution < -0.4 is 16.4 Å². The predicted molar refractivity (Wildman–Crippen MR) is 143 cm³/mol. The van der Waals surface area contributed by atoms with Gasteiger partial charge >= 0.3 is 0 Å². The number of pyridine rings is 2. The van der Waals surface area contributed by atoms with Crippen molar-refractivity contribution in [3.63, 3.8) is 0 Å². The van der Waals surface area contributed by atoms with Crippen molar-refractivity contribution in [1.82, 2.24) is 24.6 Å². The van der Waals surface area contributed by atoms with E-state index in [4.69, 9.17) is 23.2 Å². The van der Waals surface area contributed by atoms with Crippen LogP contribution in [0, 0.1) is 5.82 Å². The molecule has 2 aromatic carbocycles. The van der Waals surface area contributed by atoms with Crippen molar-refractivity contribution in [2.75, 3.05) is 0 Å². The third-order valence-corrected chi connectivity index (χ3v) is 6.65. The minimum absolute atomic E-state index is 0.100. The Labute approximate surface area is 225 Å². The molecule has 38 heavy (non-hydrogen) atoms. The second-order valence-electron chi connectivity index (χ2n) is 8.63. The molecule has 0 fully saturated rings. The second-order valence-corrected chi connectivity index (χ2v) is 9.47. The summed E-state index contributed by atoms with van der Waals surface area (Å²) in [4.78, 5) is 37.3. The summed E-state index contributed by atoms with van der Waals surface area (Å²) in [5, 5.41) is 11.5. The molecule has 192 valence electrons. The molecule has 0 spiro atoms. The molecule has 3 aromatic heterocycles. The topological polar surface area (TPSA) is 102 Å². The van der Waals surface area contributed by atoms with E-state index in [-0.39, 0.29) is 41.3 Å². The number of nitrogens with zero attached hydrogens (tertiary/aromatic N) is 3. The molecule has 0 saturated heterocycles. The number of rotatable bonds is 7. The van der Waals surface area contributed by atoms with Crippen molar-refractivity contribution >= 4 is 40.0 Å². The molecule has 8 nitrogen and oxygen atoms in total. The first-order chi connectivity index (χ1) is 18.3. The van der Waals surface area contributed by atoms with Gasteiger partial charge in [-0.3, -0.25) is 19.5 Å². The molecule has 11 heteroatoms. The molecule has 5 aromatic rings. The lowest BCUT2D eigenvalue weighted by atomic mass is 10.1. The highest BCUT2D eigenvalue weighted by molar-refractivity contribution is 6.31. The van der Waals surface area contributed by atoms with E-state index >= 15 is 0 Å². The van der Waals surface area contributed by atoms with E-state index in [1.165, 1.54) is 45.7 Å². The summed E-state index contributed by atoms with van der Waals surface area (Å²) in [5.74, 6) is -1.02. The first-order valence-corrected chi connectivity index (χ1v) is 12.3. The van der Waals surface area contributed by atoms with E-state index < -0.39 is 17.3 Å². The number of benzene rings is 2. The number of hydrogen-bond acceptors (Lipinski definition) is 4. The lowest BCUT2D eigenvalue weighted by Gasteiger charge is -2.13. The van der Waals surface area contributed by atoms with Crippen LogP contribution in [-0.4, -0.2) is 25.2 Å². The van der Waals surface area contributed by atoms with Crippen LogP contribution in [0.5, 0.6) is 0 Å². The van der Waals surface area contributed by atoms with Gasteiger partial charge in [-0.1, -0.05) is 29.3 Å². The van der Waals surface area contributed by atoms with Gasteiger partial charge in [-0.15, -0.1) is 0 Å². The first-order valence-electron chi connectivity index (χ1n) is 11.5. The van der Waals surface area contributed by atoms with Gasteiger partial charge in [0, 0.05) is 45.5 Å².